The van der Waals surface area contributed by atoms with E-state index in [4.69, 9.17) is 0 Å². The van der Waals surface area contributed by atoms with E-state index >= 15 is 0 Å². The highest BCUT2D eigenvalue weighted by Crippen LogP contribution is 2.17. The monoisotopic (exact) mass is 341 g/mol. The third kappa shape index (κ3) is 2.87. The molecular formula is C16H12BrN3O. The van der Waals surface area contributed by atoms with E-state index in [1.54, 1.807) is 12.3 Å². The molecule has 104 valence electrons. The number of carbonyl (C=O) groups is 1. The van der Waals surface area contributed by atoms with Gasteiger partial charge >= 0.3 is 0 Å². The molecule has 2 aromatic carbocycles. The predicted octanol–water partition coefficient (Wildman–Crippen LogP) is 3.69. The van der Waals surface area contributed by atoms with Crippen molar-refractivity contribution in [1.82, 2.24) is 10.4 Å². The SMILES string of the molecule is O=C(N/N=C\c1ccccc1Br)c1cccc2cc[nH]c12. The molecule has 0 saturated heterocycles. The number of hydrogen-bond donors (Lipinski definition) is 2. The largest absolute Gasteiger partial charge is 0.361 e. The summed E-state index contributed by atoms with van der Waals surface area (Å²) in [6.45, 7) is 0. The first-order valence-corrected chi connectivity index (χ1v) is 7.19. The number of nitrogens with zero attached hydrogens (tertiary/aromatic N) is 1. The normalized spacial score (nSPS) is 11.1. The van der Waals surface area contributed by atoms with Crippen LogP contribution in [0, 0.1) is 0 Å². The van der Waals surface area contributed by atoms with Crippen LogP contribution in [0.4, 0.5) is 0 Å². The van der Waals surface area contributed by atoms with Gasteiger partial charge in [-0.05, 0) is 18.2 Å². The molecule has 1 heterocycles. The van der Waals surface area contributed by atoms with Crippen LogP contribution in [-0.2, 0) is 0 Å². The van der Waals surface area contributed by atoms with E-state index in [0.717, 1.165) is 20.9 Å². The highest BCUT2D eigenvalue weighted by Gasteiger charge is 2.09. The molecule has 3 rings (SSSR count). The molecular weight excluding hydrogens is 330 g/mol. The third-order valence-electron chi connectivity index (χ3n) is 3.11. The van der Waals surface area contributed by atoms with Crippen LogP contribution in [0.5, 0.6) is 0 Å². The van der Waals surface area contributed by atoms with E-state index in [1.165, 1.54) is 0 Å². The summed E-state index contributed by atoms with van der Waals surface area (Å²) in [6, 6.07) is 15.2. The summed E-state index contributed by atoms with van der Waals surface area (Å²) in [7, 11) is 0. The van der Waals surface area contributed by atoms with Crippen LogP contribution < -0.4 is 5.43 Å². The number of fused-ring (bicyclic) bond motifs is 1. The van der Waals surface area contributed by atoms with Gasteiger partial charge in [-0.2, -0.15) is 5.10 Å². The number of H-pyrrole nitrogens is 1. The molecule has 2 N–H and O–H groups in total. The van der Waals surface area contributed by atoms with Gasteiger partial charge in [0.25, 0.3) is 5.91 Å². The predicted molar refractivity (Wildman–Crippen MR) is 87.5 cm³/mol. The molecule has 0 saturated carbocycles. The minimum Gasteiger partial charge on any atom is -0.361 e. The molecule has 5 heteroatoms. The summed E-state index contributed by atoms with van der Waals surface area (Å²) in [4.78, 5) is 15.2. The topological polar surface area (TPSA) is 57.2 Å². The number of aromatic amines is 1. The molecule has 0 spiro atoms. The summed E-state index contributed by atoms with van der Waals surface area (Å²) in [5, 5.41) is 5.00. The van der Waals surface area contributed by atoms with Gasteiger partial charge in [-0.15, -0.1) is 0 Å². The highest BCUT2D eigenvalue weighted by molar-refractivity contribution is 9.10. The molecule has 0 bridgehead atoms. The van der Waals surface area contributed by atoms with E-state index in [9.17, 15) is 4.79 Å². The lowest BCUT2D eigenvalue weighted by Crippen LogP contribution is -2.18. The maximum atomic E-state index is 12.2. The molecule has 0 unspecified atom stereocenters. The van der Waals surface area contributed by atoms with Crippen molar-refractivity contribution in [3.05, 3.63) is 70.3 Å². The average molecular weight is 342 g/mol. The van der Waals surface area contributed by atoms with Crippen LogP contribution in [0.15, 0.2) is 64.3 Å². The Balaban J connectivity index is 1.78. The third-order valence-corrected chi connectivity index (χ3v) is 3.83. The second kappa shape index (κ2) is 5.93. The smallest absolute Gasteiger partial charge is 0.273 e. The molecule has 0 atom stereocenters. The number of hydrogen-bond acceptors (Lipinski definition) is 2. The Morgan fingerprint density at radius 2 is 2.00 bits per heavy atom. The fourth-order valence-electron chi connectivity index (χ4n) is 2.07. The zero-order valence-corrected chi connectivity index (χ0v) is 12.6. The zero-order chi connectivity index (χ0) is 14.7. The van der Waals surface area contributed by atoms with Crippen LogP contribution >= 0.6 is 15.9 Å². The van der Waals surface area contributed by atoms with Crippen LogP contribution in [0.1, 0.15) is 15.9 Å². The Bertz CT molecular complexity index is 823. The van der Waals surface area contributed by atoms with Crippen molar-refractivity contribution in [2.45, 2.75) is 0 Å². The van der Waals surface area contributed by atoms with Gasteiger partial charge in [-0.1, -0.05) is 46.3 Å². The molecule has 0 fully saturated rings. The number of carbonyl (C=O) groups excluding carboxylic acids is 1. The maximum Gasteiger partial charge on any atom is 0.273 e. The van der Waals surface area contributed by atoms with Crippen molar-refractivity contribution >= 4 is 39.0 Å². The first kappa shape index (κ1) is 13.6. The van der Waals surface area contributed by atoms with Gasteiger partial charge in [0.1, 0.15) is 0 Å². The minimum atomic E-state index is -0.244. The quantitative estimate of drug-likeness (QED) is 0.553. The fraction of sp³-hybridized carbons (Fsp3) is 0. The summed E-state index contributed by atoms with van der Waals surface area (Å²) in [5.74, 6) is -0.244. The van der Waals surface area contributed by atoms with Crippen LogP contribution in [-0.4, -0.2) is 17.1 Å². The van der Waals surface area contributed by atoms with E-state index in [2.05, 4.69) is 31.4 Å². The van der Waals surface area contributed by atoms with Gasteiger partial charge in [0, 0.05) is 21.6 Å². The molecule has 0 radical (unpaired) electrons. The second-order valence-electron chi connectivity index (χ2n) is 4.47. The number of hydrazone groups is 1. The molecule has 1 amide bonds. The first-order valence-electron chi connectivity index (χ1n) is 6.40. The van der Waals surface area contributed by atoms with Crippen LogP contribution in [0.25, 0.3) is 10.9 Å². The van der Waals surface area contributed by atoms with Crippen molar-refractivity contribution in [2.75, 3.05) is 0 Å². The van der Waals surface area contributed by atoms with Gasteiger partial charge < -0.3 is 4.98 Å². The lowest BCUT2D eigenvalue weighted by molar-refractivity contribution is 0.0956. The Kier molecular flexibility index (Phi) is 3.83. The van der Waals surface area contributed by atoms with Gasteiger partial charge in [0.05, 0.1) is 17.3 Å². The number of benzene rings is 2. The van der Waals surface area contributed by atoms with Crippen molar-refractivity contribution < 1.29 is 4.79 Å². The summed E-state index contributed by atoms with van der Waals surface area (Å²) >= 11 is 3.43. The summed E-state index contributed by atoms with van der Waals surface area (Å²) in [5.41, 5.74) is 4.83. The summed E-state index contributed by atoms with van der Waals surface area (Å²) in [6.07, 6.45) is 3.42. The number of nitrogens with one attached hydrogen (secondary N) is 2. The molecule has 0 aliphatic rings. The minimum absolute atomic E-state index is 0.244. The lowest BCUT2D eigenvalue weighted by Gasteiger charge is -2.02. The van der Waals surface area contributed by atoms with Crippen LogP contribution in [0.3, 0.4) is 0 Å². The van der Waals surface area contributed by atoms with Gasteiger partial charge in [0.2, 0.25) is 0 Å². The van der Waals surface area contributed by atoms with Crippen LogP contribution in [0.2, 0.25) is 0 Å². The first-order chi connectivity index (χ1) is 10.3. The highest BCUT2D eigenvalue weighted by atomic mass is 79.9. The number of amides is 1. The van der Waals surface area contributed by atoms with Gasteiger partial charge in [0.15, 0.2) is 0 Å². The van der Waals surface area contributed by atoms with Crippen molar-refractivity contribution in [1.29, 1.82) is 0 Å². The number of halogens is 1. The molecule has 1 aromatic heterocycles. The van der Waals surface area contributed by atoms with Crippen molar-refractivity contribution in [3.63, 3.8) is 0 Å². The van der Waals surface area contributed by atoms with E-state index in [1.807, 2.05) is 48.7 Å². The van der Waals surface area contributed by atoms with Crippen molar-refractivity contribution in [3.8, 4) is 0 Å². The average Bonchev–Trinajstić information content (AvgIpc) is 2.97. The molecule has 3 aromatic rings. The van der Waals surface area contributed by atoms with E-state index in [-0.39, 0.29) is 5.91 Å². The zero-order valence-electron chi connectivity index (χ0n) is 11.0. The Hall–Kier alpha value is -2.40. The lowest BCUT2D eigenvalue weighted by atomic mass is 10.1. The molecule has 21 heavy (non-hydrogen) atoms. The van der Waals surface area contributed by atoms with E-state index < -0.39 is 0 Å². The standard InChI is InChI=1S/C16H12BrN3O/c17-14-7-2-1-4-12(14)10-19-20-16(21)13-6-3-5-11-8-9-18-15(11)13/h1-10,18H,(H,20,21)/b19-10-. The van der Waals surface area contributed by atoms with E-state index in [0.29, 0.717) is 5.56 Å². The Morgan fingerprint density at radius 1 is 1.14 bits per heavy atom. The van der Waals surface area contributed by atoms with Gasteiger partial charge in [-0.25, -0.2) is 5.43 Å². The second-order valence-corrected chi connectivity index (χ2v) is 5.32. The fourth-order valence-corrected chi connectivity index (χ4v) is 2.46. The number of rotatable bonds is 3. The Labute approximate surface area is 130 Å². The molecule has 4 nitrogen and oxygen atoms in total. The number of para-hydroxylation sites is 1. The van der Waals surface area contributed by atoms with Crippen molar-refractivity contribution in [2.24, 2.45) is 5.10 Å². The maximum absolute atomic E-state index is 12.2. The Morgan fingerprint density at radius 3 is 2.86 bits per heavy atom. The number of aromatic nitrogens is 1. The molecule has 0 aliphatic carbocycles. The van der Waals surface area contributed by atoms with Gasteiger partial charge in [-0.3, -0.25) is 4.79 Å². The summed E-state index contributed by atoms with van der Waals surface area (Å²) < 4.78 is 0.925. The molecule has 0 aliphatic heterocycles.